The fourth-order valence-electron chi connectivity index (χ4n) is 2.60. The molecule has 22 heavy (non-hydrogen) atoms. The first-order valence-corrected chi connectivity index (χ1v) is 7.64. The van der Waals surface area contributed by atoms with Crippen LogP contribution in [-0.2, 0) is 17.6 Å². The van der Waals surface area contributed by atoms with Gasteiger partial charge < -0.3 is 14.3 Å². The summed E-state index contributed by atoms with van der Waals surface area (Å²) in [6.45, 7) is 1.43. The molecule has 0 aliphatic carbocycles. The van der Waals surface area contributed by atoms with E-state index >= 15 is 0 Å². The lowest BCUT2D eigenvalue weighted by molar-refractivity contribution is 0.135. The number of hydrogen-bond donors (Lipinski definition) is 1. The van der Waals surface area contributed by atoms with Gasteiger partial charge in [-0.3, -0.25) is 0 Å². The van der Waals surface area contributed by atoms with Crippen molar-refractivity contribution in [2.24, 2.45) is 0 Å². The van der Waals surface area contributed by atoms with Crippen molar-refractivity contribution < 1.29 is 14.3 Å². The Morgan fingerprint density at radius 2 is 1.77 bits per heavy atom. The van der Waals surface area contributed by atoms with Gasteiger partial charge in [0, 0.05) is 17.6 Å². The molecular formula is C19H20O3. The average molecular weight is 296 g/mol. The second kappa shape index (κ2) is 7.14. The van der Waals surface area contributed by atoms with Gasteiger partial charge in [0.15, 0.2) is 11.3 Å². The van der Waals surface area contributed by atoms with Crippen LogP contribution < -0.4 is 0 Å². The van der Waals surface area contributed by atoms with Crippen LogP contribution in [0.2, 0.25) is 0 Å². The molecule has 0 aliphatic rings. The fraction of sp³-hybridized carbons (Fsp3) is 0.263. The second-order valence-corrected chi connectivity index (χ2v) is 5.37. The minimum absolute atomic E-state index is 0.188. The molecule has 0 amide bonds. The number of benzene rings is 2. The number of ether oxygens (including phenoxy) is 1. The number of aryl methyl sites for hydroxylation is 1. The number of para-hydroxylation sites is 1. The van der Waals surface area contributed by atoms with Crippen molar-refractivity contribution in [3.63, 3.8) is 0 Å². The number of furan rings is 1. The van der Waals surface area contributed by atoms with Crippen molar-refractivity contribution in [1.82, 2.24) is 0 Å². The summed E-state index contributed by atoms with van der Waals surface area (Å²) in [5.74, 6) is 0.188. The minimum atomic E-state index is 0.188. The number of fused-ring (bicyclic) bond motifs is 1. The van der Waals surface area contributed by atoms with E-state index in [0.717, 1.165) is 36.8 Å². The van der Waals surface area contributed by atoms with Gasteiger partial charge in [0.1, 0.15) is 0 Å². The average Bonchev–Trinajstić information content (AvgIpc) is 2.96. The molecule has 0 bridgehead atoms. The summed E-state index contributed by atoms with van der Waals surface area (Å²) in [6, 6.07) is 15.9. The first-order valence-electron chi connectivity index (χ1n) is 7.64. The highest BCUT2D eigenvalue weighted by atomic mass is 16.5. The maximum atomic E-state index is 9.71. The maximum Gasteiger partial charge on any atom is 0.175 e. The van der Waals surface area contributed by atoms with Crippen LogP contribution in [0.15, 0.2) is 59.2 Å². The molecule has 0 fully saturated rings. The number of aromatic hydroxyl groups is 1. The molecule has 2 aromatic carbocycles. The smallest absolute Gasteiger partial charge is 0.175 e. The highest BCUT2D eigenvalue weighted by Gasteiger charge is 2.08. The monoisotopic (exact) mass is 296 g/mol. The molecule has 1 heterocycles. The van der Waals surface area contributed by atoms with Gasteiger partial charge in [-0.1, -0.05) is 42.5 Å². The number of phenols is 1. The molecule has 3 rings (SSSR count). The normalized spacial score (nSPS) is 11.1. The van der Waals surface area contributed by atoms with Crippen LogP contribution in [0, 0.1) is 0 Å². The molecule has 3 aromatic rings. The van der Waals surface area contributed by atoms with Gasteiger partial charge in [-0.2, -0.15) is 0 Å². The Morgan fingerprint density at radius 1 is 0.909 bits per heavy atom. The summed E-state index contributed by atoms with van der Waals surface area (Å²) >= 11 is 0. The van der Waals surface area contributed by atoms with Gasteiger partial charge in [0.25, 0.3) is 0 Å². The zero-order chi connectivity index (χ0) is 15.2. The topological polar surface area (TPSA) is 42.6 Å². The number of phenolic OH excluding ortho intramolecular Hbond substituents is 1. The Hall–Kier alpha value is -2.26. The van der Waals surface area contributed by atoms with Crippen molar-refractivity contribution in [2.45, 2.75) is 19.3 Å². The van der Waals surface area contributed by atoms with E-state index in [-0.39, 0.29) is 5.75 Å². The Balaban J connectivity index is 1.42. The van der Waals surface area contributed by atoms with Gasteiger partial charge >= 0.3 is 0 Å². The Morgan fingerprint density at radius 3 is 2.64 bits per heavy atom. The van der Waals surface area contributed by atoms with E-state index < -0.39 is 0 Å². The van der Waals surface area contributed by atoms with Gasteiger partial charge in [0.2, 0.25) is 0 Å². The Kier molecular flexibility index (Phi) is 4.76. The van der Waals surface area contributed by atoms with E-state index in [0.29, 0.717) is 12.2 Å². The van der Waals surface area contributed by atoms with Crippen molar-refractivity contribution in [3.05, 3.63) is 65.9 Å². The predicted molar refractivity (Wildman–Crippen MR) is 87.2 cm³/mol. The zero-order valence-corrected chi connectivity index (χ0v) is 12.5. The van der Waals surface area contributed by atoms with Crippen LogP contribution in [0.25, 0.3) is 11.0 Å². The standard InChI is InChI=1S/C19H20O3/c20-18-10-4-9-17-16(14-22-19(17)18)11-13-21-12-5-8-15-6-2-1-3-7-15/h1-4,6-7,9-10,14,20H,5,8,11-13H2. The summed E-state index contributed by atoms with van der Waals surface area (Å²) in [5.41, 5.74) is 2.98. The minimum Gasteiger partial charge on any atom is -0.504 e. The SMILES string of the molecule is Oc1cccc2c(CCOCCCc3ccccc3)coc12. The Bertz CT molecular complexity index is 716. The predicted octanol–water partition coefficient (Wildman–Crippen LogP) is 4.33. The van der Waals surface area contributed by atoms with Crippen LogP contribution >= 0.6 is 0 Å². The molecule has 114 valence electrons. The van der Waals surface area contributed by atoms with E-state index in [9.17, 15) is 5.11 Å². The first kappa shape index (κ1) is 14.7. The fourth-order valence-corrected chi connectivity index (χ4v) is 2.60. The van der Waals surface area contributed by atoms with E-state index in [1.807, 2.05) is 18.2 Å². The molecule has 0 saturated heterocycles. The van der Waals surface area contributed by atoms with Gasteiger partial charge in [0.05, 0.1) is 12.9 Å². The number of rotatable bonds is 7. The highest BCUT2D eigenvalue weighted by Crippen LogP contribution is 2.28. The van der Waals surface area contributed by atoms with Crippen molar-refractivity contribution in [3.8, 4) is 5.75 Å². The Labute approximate surface area is 130 Å². The van der Waals surface area contributed by atoms with Crippen LogP contribution in [0.5, 0.6) is 5.75 Å². The lowest BCUT2D eigenvalue weighted by atomic mass is 10.1. The molecule has 0 saturated carbocycles. The highest BCUT2D eigenvalue weighted by molar-refractivity contribution is 5.85. The van der Waals surface area contributed by atoms with Crippen molar-refractivity contribution in [2.75, 3.05) is 13.2 Å². The van der Waals surface area contributed by atoms with Gasteiger partial charge in [-0.05, 0) is 30.9 Å². The largest absolute Gasteiger partial charge is 0.504 e. The summed E-state index contributed by atoms with van der Waals surface area (Å²) in [6.07, 6.45) is 4.57. The number of hydrogen-bond acceptors (Lipinski definition) is 3. The van der Waals surface area contributed by atoms with Crippen LogP contribution in [-0.4, -0.2) is 18.3 Å². The van der Waals surface area contributed by atoms with Crippen molar-refractivity contribution >= 4 is 11.0 Å². The van der Waals surface area contributed by atoms with Gasteiger partial charge in [-0.25, -0.2) is 0 Å². The molecule has 0 unspecified atom stereocenters. The quantitative estimate of drug-likeness (QED) is 0.660. The zero-order valence-electron chi connectivity index (χ0n) is 12.5. The molecule has 0 radical (unpaired) electrons. The summed E-state index contributed by atoms with van der Waals surface area (Å²) in [5, 5.41) is 10.7. The maximum absolute atomic E-state index is 9.71. The molecule has 1 N–H and O–H groups in total. The summed E-state index contributed by atoms with van der Waals surface area (Å²) < 4.78 is 11.1. The van der Waals surface area contributed by atoms with Crippen LogP contribution in [0.3, 0.4) is 0 Å². The van der Waals surface area contributed by atoms with E-state index in [4.69, 9.17) is 9.15 Å². The van der Waals surface area contributed by atoms with E-state index in [1.165, 1.54) is 5.56 Å². The lowest BCUT2D eigenvalue weighted by Gasteiger charge is -2.04. The third-order valence-corrected chi connectivity index (χ3v) is 3.77. The second-order valence-electron chi connectivity index (χ2n) is 5.37. The molecule has 1 aromatic heterocycles. The molecule has 0 atom stereocenters. The first-order chi connectivity index (χ1) is 10.8. The summed E-state index contributed by atoms with van der Waals surface area (Å²) in [7, 11) is 0. The van der Waals surface area contributed by atoms with Gasteiger partial charge in [-0.15, -0.1) is 0 Å². The molecule has 3 heteroatoms. The lowest BCUT2D eigenvalue weighted by Crippen LogP contribution is -2.01. The molecular weight excluding hydrogens is 276 g/mol. The molecule has 0 spiro atoms. The third kappa shape index (κ3) is 3.49. The van der Waals surface area contributed by atoms with Crippen LogP contribution in [0.4, 0.5) is 0 Å². The summed E-state index contributed by atoms with van der Waals surface area (Å²) in [4.78, 5) is 0. The van der Waals surface area contributed by atoms with E-state index in [1.54, 1.807) is 12.3 Å². The molecule has 0 aliphatic heterocycles. The van der Waals surface area contributed by atoms with E-state index in [2.05, 4.69) is 24.3 Å². The van der Waals surface area contributed by atoms with Crippen molar-refractivity contribution in [1.29, 1.82) is 0 Å². The third-order valence-electron chi connectivity index (χ3n) is 3.77. The molecule has 3 nitrogen and oxygen atoms in total. The van der Waals surface area contributed by atoms with Crippen LogP contribution in [0.1, 0.15) is 17.5 Å².